The van der Waals surface area contributed by atoms with E-state index in [-0.39, 0.29) is 19.4 Å². The van der Waals surface area contributed by atoms with E-state index in [4.69, 9.17) is 16.6 Å². The molecule has 11 nitrogen and oxygen atoms in total. The Bertz CT molecular complexity index is 581. The summed E-state index contributed by atoms with van der Waals surface area (Å²) >= 11 is 0. The molecule has 1 aliphatic rings. The van der Waals surface area contributed by atoms with Gasteiger partial charge in [0, 0.05) is 13.0 Å². The Morgan fingerprint density at radius 3 is 2.46 bits per heavy atom. The van der Waals surface area contributed by atoms with Gasteiger partial charge in [-0.2, -0.15) is 0 Å². The molecule has 0 spiro atoms. The van der Waals surface area contributed by atoms with Gasteiger partial charge in [-0.1, -0.05) is 0 Å². The maximum absolute atomic E-state index is 12.1. The minimum absolute atomic E-state index is 0.0513. The number of aliphatic carboxylic acids is 1. The van der Waals surface area contributed by atoms with Crippen LogP contribution >= 0.6 is 0 Å². The van der Waals surface area contributed by atoms with Crippen LogP contribution in [0.2, 0.25) is 0 Å². The van der Waals surface area contributed by atoms with Crippen molar-refractivity contribution in [2.24, 2.45) is 11.5 Å². The summed E-state index contributed by atoms with van der Waals surface area (Å²) in [5.74, 6) is -3.39. The molecule has 1 fully saturated rings. The van der Waals surface area contributed by atoms with Crippen LogP contribution in [0.3, 0.4) is 0 Å². The molecule has 4 amide bonds. The number of hydrogen-bond acceptors (Lipinski definition) is 6. The molecule has 3 unspecified atom stereocenters. The third kappa shape index (κ3) is 6.31. The van der Waals surface area contributed by atoms with Crippen molar-refractivity contribution in [3.8, 4) is 0 Å². The number of rotatable bonds is 9. The molecule has 11 heteroatoms. The number of carbonyl (C=O) groups is 5. The van der Waals surface area contributed by atoms with Crippen molar-refractivity contribution in [3.05, 3.63) is 0 Å². The number of carbonyl (C=O) groups excluding carboxylic acids is 4. The predicted molar refractivity (Wildman–Crippen MR) is 89.4 cm³/mol. The lowest BCUT2D eigenvalue weighted by Crippen LogP contribution is -2.52. The summed E-state index contributed by atoms with van der Waals surface area (Å²) in [5.41, 5.74) is 10.6. The fourth-order valence-electron chi connectivity index (χ4n) is 2.55. The van der Waals surface area contributed by atoms with E-state index in [0.717, 1.165) is 0 Å². The lowest BCUT2D eigenvalue weighted by molar-refractivity contribution is -0.148. The first kappa shape index (κ1) is 21.4. The largest absolute Gasteiger partial charge is 0.480 e. The Morgan fingerprint density at radius 2 is 1.88 bits per heavy atom. The SMILES string of the molecule is CC(NC(=O)C(N)CCC(N)=O)C(=O)NCC(=O)N1CCCC1C(=O)O. The fraction of sp³-hybridized carbons (Fsp3) is 0.667. The van der Waals surface area contributed by atoms with Gasteiger partial charge in [-0.05, 0) is 26.2 Å². The van der Waals surface area contributed by atoms with Gasteiger partial charge >= 0.3 is 5.97 Å². The first-order valence-corrected chi connectivity index (χ1v) is 8.27. The van der Waals surface area contributed by atoms with Gasteiger partial charge in [0.1, 0.15) is 12.1 Å². The minimum Gasteiger partial charge on any atom is -0.480 e. The Morgan fingerprint density at radius 1 is 1.23 bits per heavy atom. The highest BCUT2D eigenvalue weighted by Gasteiger charge is 2.34. The van der Waals surface area contributed by atoms with E-state index in [1.165, 1.54) is 11.8 Å². The van der Waals surface area contributed by atoms with Crippen LogP contribution < -0.4 is 22.1 Å². The van der Waals surface area contributed by atoms with E-state index in [1.807, 2.05) is 0 Å². The van der Waals surface area contributed by atoms with Crippen molar-refractivity contribution in [2.75, 3.05) is 13.1 Å². The van der Waals surface area contributed by atoms with E-state index >= 15 is 0 Å². The number of nitrogens with zero attached hydrogens (tertiary/aromatic N) is 1. The molecule has 0 aromatic rings. The standard InChI is InChI=1S/C15H25N5O6/c1-8(19-14(24)9(16)4-5-11(17)21)13(23)18-7-12(22)20-6-2-3-10(20)15(25)26/h8-10H,2-7,16H2,1H3,(H2,17,21)(H,18,23)(H,19,24)(H,25,26). The summed E-state index contributed by atoms with van der Waals surface area (Å²) in [6.07, 6.45) is 0.973. The Balaban J connectivity index is 2.42. The first-order chi connectivity index (χ1) is 12.1. The van der Waals surface area contributed by atoms with Crippen molar-refractivity contribution >= 4 is 29.6 Å². The van der Waals surface area contributed by atoms with Gasteiger partial charge in [0.25, 0.3) is 0 Å². The molecule has 146 valence electrons. The third-order valence-electron chi connectivity index (χ3n) is 4.06. The second-order valence-electron chi connectivity index (χ2n) is 6.14. The lowest BCUT2D eigenvalue weighted by atomic mass is 10.1. The highest BCUT2D eigenvalue weighted by molar-refractivity contribution is 5.92. The van der Waals surface area contributed by atoms with Crippen LogP contribution in [-0.4, -0.2) is 70.8 Å². The van der Waals surface area contributed by atoms with Gasteiger partial charge in [0.15, 0.2) is 0 Å². The third-order valence-corrected chi connectivity index (χ3v) is 4.06. The molecule has 1 saturated heterocycles. The van der Waals surface area contributed by atoms with Gasteiger partial charge in [-0.25, -0.2) is 4.79 Å². The van der Waals surface area contributed by atoms with E-state index < -0.39 is 47.7 Å². The van der Waals surface area contributed by atoms with Crippen molar-refractivity contribution < 1.29 is 29.1 Å². The second kappa shape index (κ2) is 9.70. The van der Waals surface area contributed by atoms with E-state index in [2.05, 4.69) is 10.6 Å². The second-order valence-corrected chi connectivity index (χ2v) is 6.14. The van der Waals surface area contributed by atoms with Crippen LogP contribution in [0.4, 0.5) is 0 Å². The Kier molecular flexibility index (Phi) is 7.97. The molecule has 1 rings (SSSR count). The van der Waals surface area contributed by atoms with Crippen LogP contribution in [0.15, 0.2) is 0 Å². The van der Waals surface area contributed by atoms with Gasteiger partial charge in [0.2, 0.25) is 23.6 Å². The van der Waals surface area contributed by atoms with E-state index in [9.17, 15) is 24.0 Å². The smallest absolute Gasteiger partial charge is 0.326 e. The zero-order valence-corrected chi connectivity index (χ0v) is 14.6. The molecule has 0 radical (unpaired) electrons. The highest BCUT2D eigenvalue weighted by atomic mass is 16.4. The van der Waals surface area contributed by atoms with Crippen molar-refractivity contribution in [1.29, 1.82) is 0 Å². The lowest BCUT2D eigenvalue weighted by Gasteiger charge is -2.22. The fourth-order valence-corrected chi connectivity index (χ4v) is 2.55. The predicted octanol–water partition coefficient (Wildman–Crippen LogP) is -2.72. The summed E-state index contributed by atoms with van der Waals surface area (Å²) < 4.78 is 0. The maximum atomic E-state index is 12.1. The number of amides is 4. The van der Waals surface area contributed by atoms with Gasteiger partial charge in [0.05, 0.1) is 12.6 Å². The number of primary amides is 1. The normalized spacial score (nSPS) is 18.7. The quantitative estimate of drug-likeness (QED) is 0.291. The number of likely N-dealkylation sites (tertiary alicyclic amines) is 1. The summed E-state index contributed by atoms with van der Waals surface area (Å²) in [5, 5.41) is 13.8. The zero-order chi connectivity index (χ0) is 19.9. The Labute approximate surface area is 150 Å². The van der Waals surface area contributed by atoms with Crippen LogP contribution in [-0.2, 0) is 24.0 Å². The number of hydrogen-bond donors (Lipinski definition) is 5. The summed E-state index contributed by atoms with van der Waals surface area (Å²) in [6.45, 7) is 1.37. The minimum atomic E-state index is -1.08. The molecule has 0 aliphatic carbocycles. The molecular formula is C15H25N5O6. The number of nitrogens with one attached hydrogen (secondary N) is 2. The number of nitrogens with two attached hydrogens (primary N) is 2. The molecular weight excluding hydrogens is 346 g/mol. The van der Waals surface area contributed by atoms with Crippen LogP contribution in [0.5, 0.6) is 0 Å². The molecule has 0 saturated carbocycles. The van der Waals surface area contributed by atoms with E-state index in [0.29, 0.717) is 19.4 Å². The Hall–Kier alpha value is -2.69. The highest BCUT2D eigenvalue weighted by Crippen LogP contribution is 2.17. The first-order valence-electron chi connectivity index (χ1n) is 8.27. The molecule has 7 N–H and O–H groups in total. The van der Waals surface area contributed by atoms with Crippen molar-refractivity contribution in [3.63, 3.8) is 0 Å². The summed E-state index contributed by atoms with van der Waals surface area (Å²) in [6, 6.07) is -2.82. The van der Waals surface area contributed by atoms with Crippen LogP contribution in [0, 0.1) is 0 Å². The zero-order valence-electron chi connectivity index (χ0n) is 14.6. The monoisotopic (exact) mass is 371 g/mol. The van der Waals surface area contributed by atoms with Gasteiger partial charge in [-0.3, -0.25) is 19.2 Å². The van der Waals surface area contributed by atoms with E-state index in [1.54, 1.807) is 0 Å². The van der Waals surface area contributed by atoms with Crippen LogP contribution in [0.25, 0.3) is 0 Å². The number of carboxylic acids is 1. The molecule has 26 heavy (non-hydrogen) atoms. The molecule has 0 aromatic carbocycles. The average molecular weight is 371 g/mol. The summed E-state index contributed by atoms with van der Waals surface area (Å²) in [4.78, 5) is 58.8. The maximum Gasteiger partial charge on any atom is 0.326 e. The molecule has 0 aromatic heterocycles. The van der Waals surface area contributed by atoms with Crippen LogP contribution in [0.1, 0.15) is 32.6 Å². The van der Waals surface area contributed by atoms with Gasteiger partial charge in [-0.15, -0.1) is 0 Å². The van der Waals surface area contributed by atoms with Crippen molar-refractivity contribution in [1.82, 2.24) is 15.5 Å². The summed E-state index contributed by atoms with van der Waals surface area (Å²) in [7, 11) is 0. The van der Waals surface area contributed by atoms with Gasteiger partial charge < -0.3 is 32.1 Å². The van der Waals surface area contributed by atoms with Crippen molar-refractivity contribution in [2.45, 2.75) is 50.7 Å². The molecule has 3 atom stereocenters. The molecule has 1 aliphatic heterocycles. The molecule has 1 heterocycles. The average Bonchev–Trinajstić information content (AvgIpc) is 3.06. The topological polar surface area (TPSA) is 185 Å². The molecule has 0 bridgehead atoms. The number of carboxylic acid groups (broad SMARTS) is 1.